The number of aliphatic hydroxyl groups is 1. The highest BCUT2D eigenvalue weighted by Crippen LogP contribution is 2.25. The summed E-state index contributed by atoms with van der Waals surface area (Å²) in [5.41, 5.74) is 0. The minimum absolute atomic E-state index is 0.00783. The lowest BCUT2D eigenvalue weighted by molar-refractivity contribution is -0.424. The third-order valence-electron chi connectivity index (χ3n) is 2.87. The SMILES string of the molecule is CCCCC[C@H]1C=C[C@](O)(CCCC)OO1. The maximum atomic E-state index is 9.96. The first-order valence-electron chi connectivity index (χ1n) is 6.46. The molecule has 1 N–H and O–H groups in total. The van der Waals surface area contributed by atoms with Crippen molar-refractivity contribution in [2.75, 3.05) is 0 Å². The normalized spacial score (nSPS) is 29.6. The molecule has 0 unspecified atom stereocenters. The Morgan fingerprint density at radius 1 is 1.19 bits per heavy atom. The van der Waals surface area contributed by atoms with Gasteiger partial charge < -0.3 is 5.11 Å². The van der Waals surface area contributed by atoms with Crippen LogP contribution >= 0.6 is 0 Å². The summed E-state index contributed by atoms with van der Waals surface area (Å²) in [5.74, 6) is -1.20. The van der Waals surface area contributed by atoms with E-state index in [9.17, 15) is 5.11 Å². The molecule has 0 fully saturated rings. The second-order valence-electron chi connectivity index (χ2n) is 4.52. The zero-order valence-corrected chi connectivity index (χ0v) is 10.4. The fourth-order valence-corrected chi connectivity index (χ4v) is 1.76. The highest BCUT2D eigenvalue weighted by Gasteiger charge is 2.30. The van der Waals surface area contributed by atoms with Gasteiger partial charge in [0.05, 0.1) is 0 Å². The molecule has 0 bridgehead atoms. The predicted octanol–water partition coefficient (Wildman–Crippen LogP) is 3.33. The zero-order valence-electron chi connectivity index (χ0n) is 10.4. The highest BCUT2D eigenvalue weighted by atomic mass is 17.2. The molecule has 94 valence electrons. The Morgan fingerprint density at radius 2 is 1.94 bits per heavy atom. The Morgan fingerprint density at radius 3 is 2.50 bits per heavy atom. The summed E-state index contributed by atoms with van der Waals surface area (Å²) in [4.78, 5) is 10.3. The van der Waals surface area contributed by atoms with Crippen LogP contribution in [0.1, 0.15) is 58.8 Å². The molecule has 1 aliphatic rings. The van der Waals surface area contributed by atoms with Gasteiger partial charge in [-0.3, -0.25) is 0 Å². The van der Waals surface area contributed by atoms with E-state index in [2.05, 4.69) is 13.8 Å². The van der Waals surface area contributed by atoms with Gasteiger partial charge in [0.2, 0.25) is 5.79 Å². The van der Waals surface area contributed by atoms with Gasteiger partial charge in [0.1, 0.15) is 6.10 Å². The van der Waals surface area contributed by atoms with E-state index in [0.29, 0.717) is 6.42 Å². The van der Waals surface area contributed by atoms with Gasteiger partial charge in [-0.2, -0.15) is 4.89 Å². The van der Waals surface area contributed by atoms with Crippen molar-refractivity contribution in [1.82, 2.24) is 0 Å². The summed E-state index contributed by atoms with van der Waals surface area (Å²) < 4.78 is 0. The molecule has 0 aromatic carbocycles. The molecule has 1 aliphatic heterocycles. The molecule has 16 heavy (non-hydrogen) atoms. The summed E-state index contributed by atoms with van der Waals surface area (Å²) in [6.07, 6.45) is 10.8. The molecule has 0 spiro atoms. The van der Waals surface area contributed by atoms with Gasteiger partial charge >= 0.3 is 0 Å². The molecule has 3 heteroatoms. The van der Waals surface area contributed by atoms with Crippen molar-refractivity contribution in [3.8, 4) is 0 Å². The van der Waals surface area contributed by atoms with Crippen LogP contribution in [0.2, 0.25) is 0 Å². The maximum absolute atomic E-state index is 9.96. The Bertz CT molecular complexity index is 215. The van der Waals surface area contributed by atoms with Gasteiger partial charge in [-0.25, -0.2) is 4.89 Å². The number of hydrogen-bond acceptors (Lipinski definition) is 3. The van der Waals surface area contributed by atoms with Crippen molar-refractivity contribution in [2.24, 2.45) is 0 Å². The van der Waals surface area contributed by atoms with Crippen LogP contribution in [0, 0.1) is 0 Å². The lowest BCUT2D eigenvalue weighted by Gasteiger charge is -2.29. The van der Waals surface area contributed by atoms with Gasteiger partial charge in [0, 0.05) is 6.42 Å². The summed E-state index contributed by atoms with van der Waals surface area (Å²) >= 11 is 0. The first-order valence-corrected chi connectivity index (χ1v) is 6.46. The molecular weight excluding hydrogens is 204 g/mol. The van der Waals surface area contributed by atoms with Gasteiger partial charge in [-0.15, -0.1) is 0 Å². The van der Waals surface area contributed by atoms with Crippen LogP contribution in [0.15, 0.2) is 12.2 Å². The molecule has 0 aromatic rings. The van der Waals surface area contributed by atoms with Crippen LogP contribution in [0.5, 0.6) is 0 Å². The molecule has 0 saturated carbocycles. The van der Waals surface area contributed by atoms with Crippen LogP contribution in [-0.4, -0.2) is 17.0 Å². The Balaban J connectivity index is 2.29. The number of unbranched alkanes of at least 4 members (excludes halogenated alkanes) is 3. The smallest absolute Gasteiger partial charge is 0.218 e. The summed E-state index contributed by atoms with van der Waals surface area (Å²) in [7, 11) is 0. The first kappa shape index (κ1) is 13.7. The summed E-state index contributed by atoms with van der Waals surface area (Å²) in [6.45, 7) is 4.27. The number of rotatable bonds is 7. The molecule has 0 aliphatic carbocycles. The second kappa shape index (κ2) is 7.05. The lowest BCUT2D eigenvalue weighted by Crippen LogP contribution is -2.35. The molecule has 0 amide bonds. The first-order chi connectivity index (χ1) is 7.70. The fraction of sp³-hybridized carbons (Fsp3) is 0.846. The Labute approximate surface area is 98.4 Å². The van der Waals surface area contributed by atoms with E-state index >= 15 is 0 Å². The van der Waals surface area contributed by atoms with Gasteiger partial charge in [-0.05, 0) is 18.9 Å². The van der Waals surface area contributed by atoms with Crippen molar-refractivity contribution in [3.05, 3.63) is 12.2 Å². The minimum Gasteiger partial charge on any atom is -0.360 e. The van der Waals surface area contributed by atoms with E-state index in [4.69, 9.17) is 9.78 Å². The summed E-state index contributed by atoms with van der Waals surface area (Å²) in [6, 6.07) is 0. The van der Waals surface area contributed by atoms with E-state index in [1.807, 2.05) is 6.08 Å². The quantitative estimate of drug-likeness (QED) is 0.412. The topological polar surface area (TPSA) is 38.7 Å². The molecule has 3 nitrogen and oxygen atoms in total. The Hall–Kier alpha value is -0.380. The average molecular weight is 228 g/mol. The maximum Gasteiger partial charge on any atom is 0.218 e. The molecule has 1 heterocycles. The van der Waals surface area contributed by atoms with E-state index in [1.54, 1.807) is 6.08 Å². The average Bonchev–Trinajstić information content (AvgIpc) is 2.30. The van der Waals surface area contributed by atoms with Crippen LogP contribution < -0.4 is 0 Å². The van der Waals surface area contributed by atoms with Crippen molar-refractivity contribution in [2.45, 2.75) is 70.7 Å². The van der Waals surface area contributed by atoms with E-state index < -0.39 is 5.79 Å². The van der Waals surface area contributed by atoms with E-state index in [1.165, 1.54) is 12.8 Å². The molecule has 0 radical (unpaired) electrons. The van der Waals surface area contributed by atoms with Crippen molar-refractivity contribution in [3.63, 3.8) is 0 Å². The molecule has 1 rings (SSSR count). The number of hydrogen-bond donors (Lipinski definition) is 1. The van der Waals surface area contributed by atoms with Crippen LogP contribution in [0.3, 0.4) is 0 Å². The fourth-order valence-electron chi connectivity index (χ4n) is 1.76. The van der Waals surface area contributed by atoms with Gasteiger partial charge in [-0.1, -0.05) is 45.6 Å². The third kappa shape index (κ3) is 4.64. The van der Waals surface area contributed by atoms with E-state index in [-0.39, 0.29) is 6.10 Å². The van der Waals surface area contributed by atoms with Crippen LogP contribution in [0.25, 0.3) is 0 Å². The standard InChI is InChI=1S/C13H24O3/c1-3-5-7-8-12-9-11-13(14,16-15-12)10-6-4-2/h9,11-12,14H,3-8,10H2,1-2H3/t12-,13-/m0/s1. The van der Waals surface area contributed by atoms with Crippen molar-refractivity contribution >= 4 is 0 Å². The lowest BCUT2D eigenvalue weighted by atomic mass is 10.0. The van der Waals surface area contributed by atoms with Crippen molar-refractivity contribution < 1.29 is 14.9 Å². The largest absolute Gasteiger partial charge is 0.360 e. The zero-order chi connectivity index (χ0) is 11.9. The molecular formula is C13H24O3. The summed E-state index contributed by atoms with van der Waals surface area (Å²) in [5, 5.41) is 9.96. The van der Waals surface area contributed by atoms with Gasteiger partial charge in [0.25, 0.3) is 0 Å². The predicted molar refractivity (Wildman–Crippen MR) is 63.7 cm³/mol. The molecule has 0 saturated heterocycles. The van der Waals surface area contributed by atoms with Crippen LogP contribution in [0.4, 0.5) is 0 Å². The monoisotopic (exact) mass is 228 g/mol. The van der Waals surface area contributed by atoms with Gasteiger partial charge in [0.15, 0.2) is 0 Å². The third-order valence-corrected chi connectivity index (χ3v) is 2.87. The molecule has 0 aromatic heterocycles. The molecule has 2 atom stereocenters. The highest BCUT2D eigenvalue weighted by molar-refractivity contribution is 5.00. The Kier molecular flexibility index (Phi) is 6.03. The van der Waals surface area contributed by atoms with E-state index in [0.717, 1.165) is 25.7 Å². The second-order valence-corrected chi connectivity index (χ2v) is 4.52. The van der Waals surface area contributed by atoms with Crippen molar-refractivity contribution in [1.29, 1.82) is 0 Å². The minimum atomic E-state index is -1.20. The van der Waals surface area contributed by atoms with Crippen LogP contribution in [-0.2, 0) is 9.78 Å².